The summed E-state index contributed by atoms with van der Waals surface area (Å²) < 4.78 is 14.0. The summed E-state index contributed by atoms with van der Waals surface area (Å²) >= 11 is 0. The number of nitrogens with two attached hydrogens (primary N) is 1. The summed E-state index contributed by atoms with van der Waals surface area (Å²) in [6, 6.07) is 8.02. The van der Waals surface area contributed by atoms with Crippen LogP contribution in [0.25, 0.3) is 22.0 Å². The van der Waals surface area contributed by atoms with Crippen LogP contribution in [0.15, 0.2) is 36.5 Å². The molecule has 0 atom stereocenters. The number of hydrogen-bond donors (Lipinski definition) is 2. The second-order valence-corrected chi connectivity index (χ2v) is 5.43. The monoisotopic (exact) mass is 341 g/mol. The zero-order valence-electron chi connectivity index (χ0n) is 13.5. The normalized spacial score (nSPS) is 10.8. The number of anilines is 1. The number of nitrogens with zero attached hydrogens (tertiary/aromatic N) is 3. The number of fused-ring (bicyclic) bond motifs is 1. The van der Waals surface area contributed by atoms with Gasteiger partial charge in [0, 0.05) is 34.4 Å². The van der Waals surface area contributed by atoms with Crippen LogP contribution in [-0.2, 0) is 0 Å². The molecule has 1 aromatic carbocycles. The molecule has 0 unspecified atom stereocenters. The Morgan fingerprint density at radius 1 is 1.32 bits per heavy atom. The predicted molar refractivity (Wildman–Crippen MR) is 90.9 cm³/mol. The van der Waals surface area contributed by atoms with Gasteiger partial charge in [0.05, 0.1) is 0 Å². The fraction of sp³-hybridized carbons (Fsp3) is 0.176. The van der Waals surface area contributed by atoms with E-state index in [2.05, 4.69) is 15.4 Å². The van der Waals surface area contributed by atoms with Crippen molar-refractivity contribution in [2.45, 2.75) is 13.3 Å². The topological polar surface area (TPSA) is 108 Å². The maximum absolute atomic E-state index is 14.0. The Labute approximate surface area is 142 Å². The maximum atomic E-state index is 14.0. The number of rotatable bonds is 4. The molecule has 0 radical (unpaired) electrons. The Morgan fingerprint density at radius 2 is 2.08 bits per heavy atom. The lowest BCUT2D eigenvalue weighted by atomic mass is 10.0. The van der Waals surface area contributed by atoms with Crippen LogP contribution in [0.1, 0.15) is 23.8 Å². The Kier molecular flexibility index (Phi) is 4.42. The summed E-state index contributed by atoms with van der Waals surface area (Å²) in [7, 11) is 0. The molecule has 25 heavy (non-hydrogen) atoms. The van der Waals surface area contributed by atoms with E-state index in [4.69, 9.17) is 5.73 Å². The molecule has 0 fully saturated rings. The van der Waals surface area contributed by atoms with Crippen LogP contribution in [-0.4, -0.2) is 22.5 Å². The maximum Gasteiger partial charge on any atom is 0.332 e. The van der Waals surface area contributed by atoms with E-state index < -0.39 is 11.9 Å². The second-order valence-electron chi connectivity index (χ2n) is 5.43. The summed E-state index contributed by atoms with van der Waals surface area (Å²) in [5.41, 5.74) is 6.55. The highest BCUT2D eigenvalue weighted by Crippen LogP contribution is 2.31. The number of nitrogens with one attached hydrogen (secondary N) is 1. The summed E-state index contributed by atoms with van der Waals surface area (Å²) in [5.74, 6) is -1.28. The van der Waals surface area contributed by atoms with Gasteiger partial charge in [-0.1, -0.05) is 25.1 Å². The highest BCUT2D eigenvalue weighted by atomic mass is 19.1. The number of carbonyl (C=O) groups excluding carboxylic acids is 1. The quantitative estimate of drug-likeness (QED) is 0.427. The Morgan fingerprint density at radius 3 is 2.80 bits per heavy atom. The van der Waals surface area contributed by atoms with Crippen molar-refractivity contribution in [1.82, 2.24) is 15.4 Å². The van der Waals surface area contributed by atoms with Crippen molar-refractivity contribution in [2.75, 3.05) is 12.3 Å². The molecule has 1 amide bonds. The van der Waals surface area contributed by atoms with E-state index in [9.17, 15) is 14.4 Å². The van der Waals surface area contributed by atoms with Crippen LogP contribution in [0.4, 0.5) is 10.1 Å². The van der Waals surface area contributed by atoms with Crippen LogP contribution in [0.3, 0.4) is 0 Å². The third kappa shape index (κ3) is 2.93. The first-order chi connectivity index (χ1) is 12.0. The van der Waals surface area contributed by atoms with Gasteiger partial charge in [-0.3, -0.25) is 4.79 Å². The molecule has 0 aliphatic carbocycles. The van der Waals surface area contributed by atoms with Crippen molar-refractivity contribution in [2.24, 2.45) is 0 Å². The van der Waals surface area contributed by atoms with E-state index in [0.717, 1.165) is 6.42 Å². The Bertz CT molecular complexity index is 961. The number of aromatic nitrogens is 3. The third-order valence-electron chi connectivity index (χ3n) is 3.76. The first kappa shape index (κ1) is 16.6. The molecule has 2 heterocycles. The number of nitrogen functional groups attached to an aromatic ring is 1. The molecular formula is C17H16FN5O2. The predicted octanol–water partition coefficient (Wildman–Crippen LogP) is 1.79. The zero-order valence-corrected chi connectivity index (χ0v) is 13.5. The van der Waals surface area contributed by atoms with Gasteiger partial charge in [-0.15, -0.1) is 0 Å². The summed E-state index contributed by atoms with van der Waals surface area (Å²) in [6.07, 6.45) is 2.05. The van der Waals surface area contributed by atoms with E-state index in [1.807, 2.05) is 6.92 Å². The number of amides is 1. The summed E-state index contributed by atoms with van der Waals surface area (Å²) in [4.78, 5) is 16.0. The van der Waals surface area contributed by atoms with Gasteiger partial charge in [-0.2, -0.15) is 4.39 Å². The van der Waals surface area contributed by atoms with Crippen molar-refractivity contribution in [3.63, 3.8) is 0 Å². The standard InChI is InChI=1S/C17H16FN5O2/c1-2-8-21-17(24)15-13(19)12-6-3-5-10(14(12)22-23(15)25)11-7-4-9-20-16(11)18/h3-7,9H,2,8,19H2,1H3,(H,21,24). The van der Waals surface area contributed by atoms with Gasteiger partial charge in [0.25, 0.3) is 0 Å². The van der Waals surface area contributed by atoms with Crippen LogP contribution in [0.2, 0.25) is 0 Å². The zero-order chi connectivity index (χ0) is 18.0. The molecule has 128 valence electrons. The van der Waals surface area contributed by atoms with Crippen LogP contribution in [0.5, 0.6) is 0 Å². The number of carbonyl (C=O) groups is 1. The average Bonchev–Trinajstić information content (AvgIpc) is 2.60. The number of hydrogen-bond acceptors (Lipinski definition) is 5. The van der Waals surface area contributed by atoms with Gasteiger partial charge >= 0.3 is 11.6 Å². The fourth-order valence-corrected chi connectivity index (χ4v) is 2.58. The average molecular weight is 341 g/mol. The van der Waals surface area contributed by atoms with E-state index in [-0.39, 0.29) is 27.3 Å². The van der Waals surface area contributed by atoms with Gasteiger partial charge in [0.2, 0.25) is 5.95 Å². The highest BCUT2D eigenvalue weighted by molar-refractivity contribution is 6.06. The van der Waals surface area contributed by atoms with E-state index in [1.165, 1.54) is 12.3 Å². The Balaban J connectivity index is 2.22. The minimum absolute atomic E-state index is 0.000230. The van der Waals surface area contributed by atoms with Gasteiger partial charge in [0.15, 0.2) is 0 Å². The van der Waals surface area contributed by atoms with Gasteiger partial charge in [-0.25, -0.2) is 4.98 Å². The lowest BCUT2D eigenvalue weighted by molar-refractivity contribution is -0.667. The third-order valence-corrected chi connectivity index (χ3v) is 3.76. The molecule has 0 aliphatic rings. The molecule has 0 bridgehead atoms. The van der Waals surface area contributed by atoms with E-state index in [0.29, 0.717) is 17.5 Å². The summed E-state index contributed by atoms with van der Waals surface area (Å²) in [6.45, 7) is 2.31. The largest absolute Gasteiger partial charge is 0.594 e. The van der Waals surface area contributed by atoms with Crippen molar-refractivity contribution in [1.29, 1.82) is 0 Å². The van der Waals surface area contributed by atoms with Gasteiger partial charge < -0.3 is 16.3 Å². The number of pyridine rings is 1. The lowest BCUT2D eigenvalue weighted by Gasteiger charge is -2.10. The molecule has 3 aromatic rings. The molecule has 0 spiro atoms. The lowest BCUT2D eigenvalue weighted by Crippen LogP contribution is -2.43. The first-order valence-electron chi connectivity index (χ1n) is 7.75. The minimum atomic E-state index is -0.683. The molecule has 2 aromatic heterocycles. The van der Waals surface area contributed by atoms with Crippen LogP contribution in [0, 0.1) is 11.2 Å². The number of halogens is 1. The molecule has 7 nitrogen and oxygen atoms in total. The smallest absolute Gasteiger partial charge is 0.332 e. The van der Waals surface area contributed by atoms with Crippen molar-refractivity contribution in [3.05, 3.63) is 53.4 Å². The fourth-order valence-electron chi connectivity index (χ4n) is 2.58. The molecule has 3 rings (SSSR count). The highest BCUT2D eigenvalue weighted by Gasteiger charge is 2.26. The number of benzene rings is 1. The van der Waals surface area contributed by atoms with Gasteiger partial charge in [-0.05, 0) is 23.4 Å². The molecule has 3 N–H and O–H groups in total. The molecule has 0 saturated carbocycles. The van der Waals surface area contributed by atoms with Crippen molar-refractivity contribution >= 4 is 22.5 Å². The second kappa shape index (κ2) is 6.68. The van der Waals surface area contributed by atoms with E-state index >= 15 is 0 Å². The molecule has 8 heteroatoms. The van der Waals surface area contributed by atoms with Crippen molar-refractivity contribution < 1.29 is 14.0 Å². The molecule has 0 aliphatic heterocycles. The van der Waals surface area contributed by atoms with Crippen LogP contribution < -0.4 is 15.9 Å². The van der Waals surface area contributed by atoms with E-state index in [1.54, 1.807) is 24.3 Å². The van der Waals surface area contributed by atoms with Crippen molar-refractivity contribution in [3.8, 4) is 11.1 Å². The van der Waals surface area contributed by atoms with Gasteiger partial charge in [0.1, 0.15) is 11.2 Å². The summed E-state index contributed by atoms with van der Waals surface area (Å²) in [5, 5.41) is 19.2. The molecule has 0 saturated heterocycles. The SMILES string of the molecule is CCCNC(=O)c1c(N)c2cccc(-c3cccnc3F)c2n[n+]1[O-]. The minimum Gasteiger partial charge on any atom is -0.594 e. The first-order valence-corrected chi connectivity index (χ1v) is 7.75. The van der Waals surface area contributed by atoms with Crippen LogP contribution >= 0.6 is 0 Å². The molecular weight excluding hydrogens is 325 g/mol. The Hall–Kier alpha value is -3.29.